The monoisotopic (exact) mass is 315 g/mol. The number of nitrogens with one attached hydrogen (secondary N) is 2. The molecular formula is C13H21N3O2S2. The lowest BCUT2D eigenvalue weighted by Crippen LogP contribution is -2.36. The molecule has 1 atom stereocenters. The highest BCUT2D eigenvalue weighted by atomic mass is 32.2. The van der Waals surface area contributed by atoms with E-state index in [-0.39, 0.29) is 9.64 Å². The van der Waals surface area contributed by atoms with Crippen molar-refractivity contribution >= 4 is 27.6 Å². The number of aromatic nitrogens is 1. The van der Waals surface area contributed by atoms with Crippen molar-refractivity contribution in [1.82, 2.24) is 9.71 Å². The fraction of sp³-hybridized carbons (Fsp3) is 0.615. The largest absolute Gasteiger partial charge is 0.370 e. The van der Waals surface area contributed by atoms with E-state index < -0.39 is 10.0 Å². The second-order valence-electron chi connectivity index (χ2n) is 5.13. The summed E-state index contributed by atoms with van der Waals surface area (Å²) in [6, 6.07) is 3.09. The van der Waals surface area contributed by atoms with Gasteiger partial charge in [-0.05, 0) is 38.5 Å². The Hall–Kier alpha value is -0.790. The third kappa shape index (κ3) is 3.86. The molecule has 2 rings (SSSR count). The molecule has 1 fully saturated rings. The Balaban J connectivity index is 2.07. The number of rotatable bonds is 6. The normalized spacial score (nSPS) is 22.9. The van der Waals surface area contributed by atoms with Crippen LogP contribution in [0.25, 0.3) is 0 Å². The van der Waals surface area contributed by atoms with Gasteiger partial charge in [-0.2, -0.15) is 11.8 Å². The Kier molecular flexibility index (Phi) is 4.93. The fourth-order valence-electron chi connectivity index (χ4n) is 2.16. The molecule has 7 heteroatoms. The summed E-state index contributed by atoms with van der Waals surface area (Å²) in [4.78, 5) is 4.35. The standard InChI is InChI=1S/C13H21N3O2S2/c1-3-14-12-9-11(5-7-15-12)20(17,18)16-10-13(2)6-4-8-19-13/h5,7,9,16H,3-4,6,8,10H2,1-2H3,(H,14,15). The van der Waals surface area contributed by atoms with Gasteiger partial charge in [-0.25, -0.2) is 18.1 Å². The number of hydrogen-bond acceptors (Lipinski definition) is 5. The molecule has 2 N–H and O–H groups in total. The number of hydrogen-bond donors (Lipinski definition) is 2. The van der Waals surface area contributed by atoms with Crippen molar-refractivity contribution < 1.29 is 8.42 Å². The van der Waals surface area contributed by atoms with Gasteiger partial charge in [0.25, 0.3) is 0 Å². The summed E-state index contributed by atoms with van der Waals surface area (Å²) < 4.78 is 27.4. The van der Waals surface area contributed by atoms with Crippen molar-refractivity contribution in [2.75, 3.05) is 24.2 Å². The van der Waals surface area contributed by atoms with Crippen molar-refractivity contribution in [3.05, 3.63) is 18.3 Å². The zero-order valence-electron chi connectivity index (χ0n) is 11.8. The molecule has 112 valence electrons. The molecular weight excluding hydrogens is 294 g/mol. The van der Waals surface area contributed by atoms with Gasteiger partial charge >= 0.3 is 0 Å². The number of nitrogens with zero attached hydrogens (tertiary/aromatic N) is 1. The van der Waals surface area contributed by atoms with Crippen LogP contribution in [0, 0.1) is 0 Å². The molecule has 1 saturated heterocycles. The Morgan fingerprint density at radius 2 is 2.30 bits per heavy atom. The minimum Gasteiger partial charge on any atom is -0.370 e. The Bertz CT molecular complexity index is 554. The average molecular weight is 315 g/mol. The number of thioether (sulfide) groups is 1. The third-order valence-electron chi connectivity index (χ3n) is 3.34. The van der Waals surface area contributed by atoms with E-state index in [0.717, 1.165) is 18.6 Å². The Morgan fingerprint density at radius 1 is 1.50 bits per heavy atom. The summed E-state index contributed by atoms with van der Waals surface area (Å²) >= 11 is 1.84. The second kappa shape index (κ2) is 6.32. The predicted molar refractivity (Wildman–Crippen MR) is 83.7 cm³/mol. The Labute approximate surface area is 125 Å². The van der Waals surface area contributed by atoms with Crippen molar-refractivity contribution in [3.63, 3.8) is 0 Å². The highest BCUT2D eigenvalue weighted by Gasteiger charge is 2.31. The van der Waals surface area contributed by atoms with E-state index in [2.05, 4.69) is 21.9 Å². The van der Waals surface area contributed by atoms with Crippen LogP contribution in [0.1, 0.15) is 26.7 Å². The first-order valence-corrected chi connectivity index (χ1v) is 9.26. The number of anilines is 1. The molecule has 1 aliphatic heterocycles. The molecule has 0 bridgehead atoms. The van der Waals surface area contributed by atoms with Gasteiger partial charge in [0, 0.05) is 30.1 Å². The molecule has 0 aliphatic carbocycles. The molecule has 0 saturated carbocycles. The quantitative estimate of drug-likeness (QED) is 0.841. The molecule has 0 radical (unpaired) electrons. The summed E-state index contributed by atoms with van der Waals surface area (Å²) in [5.74, 6) is 1.69. The maximum atomic E-state index is 12.3. The first-order valence-electron chi connectivity index (χ1n) is 6.79. The van der Waals surface area contributed by atoms with E-state index >= 15 is 0 Å². The van der Waals surface area contributed by atoms with E-state index in [4.69, 9.17) is 0 Å². The van der Waals surface area contributed by atoms with Gasteiger partial charge in [-0.1, -0.05) is 0 Å². The van der Waals surface area contributed by atoms with Crippen LogP contribution in [-0.4, -0.2) is 37.0 Å². The molecule has 5 nitrogen and oxygen atoms in total. The van der Waals surface area contributed by atoms with Gasteiger partial charge in [0.15, 0.2) is 0 Å². The fourth-order valence-corrected chi connectivity index (χ4v) is 4.68. The van der Waals surface area contributed by atoms with E-state index in [0.29, 0.717) is 18.9 Å². The van der Waals surface area contributed by atoms with E-state index in [1.165, 1.54) is 12.3 Å². The van der Waals surface area contributed by atoms with Gasteiger partial charge < -0.3 is 5.32 Å². The van der Waals surface area contributed by atoms with Crippen molar-refractivity contribution in [3.8, 4) is 0 Å². The summed E-state index contributed by atoms with van der Waals surface area (Å²) in [6.07, 6.45) is 3.72. The number of pyridine rings is 1. The van der Waals surface area contributed by atoms with Crippen LogP contribution in [0.3, 0.4) is 0 Å². The second-order valence-corrected chi connectivity index (χ2v) is 8.58. The van der Waals surface area contributed by atoms with Crippen LogP contribution in [0.15, 0.2) is 23.2 Å². The molecule has 2 heterocycles. The van der Waals surface area contributed by atoms with Crippen LogP contribution in [0.5, 0.6) is 0 Å². The molecule has 1 unspecified atom stereocenters. The zero-order chi connectivity index (χ0) is 14.6. The summed E-state index contributed by atoms with van der Waals surface area (Å²) in [5.41, 5.74) is 0. The maximum absolute atomic E-state index is 12.3. The lowest BCUT2D eigenvalue weighted by Gasteiger charge is -2.22. The molecule has 1 aromatic rings. The predicted octanol–water partition coefficient (Wildman–Crippen LogP) is 2.08. The molecule has 0 amide bonds. The average Bonchev–Trinajstić information content (AvgIpc) is 2.85. The van der Waals surface area contributed by atoms with Crippen LogP contribution in [0.4, 0.5) is 5.82 Å². The molecule has 1 aliphatic rings. The summed E-state index contributed by atoms with van der Waals surface area (Å²) in [6.45, 7) is 5.24. The van der Waals surface area contributed by atoms with Gasteiger partial charge in [-0.15, -0.1) is 0 Å². The third-order valence-corrected chi connectivity index (χ3v) is 6.27. The van der Waals surface area contributed by atoms with Crippen LogP contribution < -0.4 is 10.0 Å². The number of sulfonamides is 1. The van der Waals surface area contributed by atoms with E-state index in [9.17, 15) is 8.42 Å². The van der Waals surface area contributed by atoms with E-state index in [1.807, 2.05) is 18.7 Å². The molecule has 20 heavy (non-hydrogen) atoms. The lowest BCUT2D eigenvalue weighted by molar-refractivity contribution is 0.552. The minimum absolute atomic E-state index is 0.0185. The van der Waals surface area contributed by atoms with Crippen molar-refractivity contribution in [1.29, 1.82) is 0 Å². The van der Waals surface area contributed by atoms with Crippen LogP contribution in [-0.2, 0) is 10.0 Å². The minimum atomic E-state index is -3.47. The topological polar surface area (TPSA) is 71.1 Å². The SMILES string of the molecule is CCNc1cc(S(=O)(=O)NCC2(C)CCCS2)ccn1. The Morgan fingerprint density at radius 3 is 2.95 bits per heavy atom. The molecule has 0 aromatic carbocycles. The summed E-state index contributed by atoms with van der Waals surface area (Å²) in [7, 11) is -3.47. The van der Waals surface area contributed by atoms with Crippen molar-refractivity contribution in [2.24, 2.45) is 0 Å². The van der Waals surface area contributed by atoms with Gasteiger partial charge in [0.05, 0.1) is 4.90 Å². The first-order chi connectivity index (χ1) is 9.45. The summed E-state index contributed by atoms with van der Waals surface area (Å²) in [5, 5.41) is 3.02. The molecule has 0 spiro atoms. The van der Waals surface area contributed by atoms with Crippen LogP contribution in [0.2, 0.25) is 0 Å². The smallest absolute Gasteiger partial charge is 0.240 e. The van der Waals surface area contributed by atoms with Crippen LogP contribution >= 0.6 is 11.8 Å². The lowest BCUT2D eigenvalue weighted by atomic mass is 10.1. The van der Waals surface area contributed by atoms with Gasteiger partial charge in [0.1, 0.15) is 5.82 Å². The maximum Gasteiger partial charge on any atom is 0.240 e. The highest BCUT2D eigenvalue weighted by molar-refractivity contribution is 8.01. The van der Waals surface area contributed by atoms with E-state index in [1.54, 1.807) is 6.07 Å². The first kappa shape index (κ1) is 15.6. The molecule has 1 aromatic heterocycles. The van der Waals surface area contributed by atoms with Crippen molar-refractivity contribution in [2.45, 2.75) is 36.3 Å². The highest BCUT2D eigenvalue weighted by Crippen LogP contribution is 2.37. The van der Waals surface area contributed by atoms with Gasteiger partial charge in [-0.3, -0.25) is 0 Å². The zero-order valence-corrected chi connectivity index (χ0v) is 13.5. The van der Waals surface area contributed by atoms with Gasteiger partial charge in [0.2, 0.25) is 10.0 Å².